The Morgan fingerprint density at radius 3 is 2.22 bits per heavy atom. The summed E-state index contributed by atoms with van der Waals surface area (Å²) < 4.78 is 9.39. The number of aliphatic hydroxyl groups excluding tert-OH is 4. The van der Waals surface area contributed by atoms with Gasteiger partial charge in [0.2, 0.25) is 0 Å². The lowest BCUT2D eigenvalue weighted by molar-refractivity contribution is -0.434. The third-order valence-corrected chi connectivity index (χ3v) is 3.46. The van der Waals surface area contributed by atoms with Crippen molar-refractivity contribution in [2.24, 2.45) is 0 Å². The normalized spacial score (nSPS) is 34.1. The van der Waals surface area contributed by atoms with Crippen LogP contribution in [0, 0.1) is 0 Å². The topological polar surface area (TPSA) is 174 Å². The number of rotatable bonds is 8. The van der Waals surface area contributed by atoms with Crippen LogP contribution in [0.15, 0.2) is 0 Å². The second kappa shape index (κ2) is 8.52. The summed E-state index contributed by atoms with van der Waals surface area (Å²) in [6.45, 7) is -0.778. The van der Waals surface area contributed by atoms with Gasteiger partial charge in [0.15, 0.2) is 6.10 Å². The number of hydrogen-bond donors (Lipinski definition) is 6. The van der Waals surface area contributed by atoms with Crippen molar-refractivity contribution in [2.75, 3.05) is 6.61 Å². The minimum absolute atomic E-state index is 0.0247. The monoisotopic (exact) mass is 338 g/mol. The molecule has 0 aromatic heterocycles. The highest BCUT2D eigenvalue weighted by Gasteiger charge is 2.55. The molecule has 0 spiro atoms. The molecule has 0 saturated carbocycles. The highest BCUT2D eigenvalue weighted by atomic mass is 16.8. The van der Waals surface area contributed by atoms with E-state index in [1.54, 1.807) is 0 Å². The summed E-state index contributed by atoms with van der Waals surface area (Å²) in [5, 5.41) is 56.3. The molecule has 10 heteroatoms. The van der Waals surface area contributed by atoms with E-state index in [2.05, 4.69) is 4.74 Å². The van der Waals surface area contributed by atoms with Gasteiger partial charge in [0, 0.05) is 12.8 Å². The molecule has 1 fully saturated rings. The molecule has 1 aliphatic heterocycles. The van der Waals surface area contributed by atoms with E-state index in [1.807, 2.05) is 0 Å². The first kappa shape index (κ1) is 19.7. The van der Waals surface area contributed by atoms with E-state index in [-0.39, 0.29) is 12.8 Å². The van der Waals surface area contributed by atoms with E-state index < -0.39 is 48.9 Å². The number of carbonyl (C=O) groups excluding carboxylic acids is 1. The molecule has 0 bridgehead atoms. The molecule has 0 aromatic rings. The van der Waals surface area contributed by atoms with Gasteiger partial charge in [-0.3, -0.25) is 9.59 Å². The van der Waals surface area contributed by atoms with Crippen molar-refractivity contribution in [2.45, 2.75) is 62.5 Å². The zero-order chi connectivity index (χ0) is 17.6. The van der Waals surface area contributed by atoms with Crippen molar-refractivity contribution in [3.63, 3.8) is 0 Å². The molecular weight excluding hydrogens is 316 g/mol. The van der Waals surface area contributed by atoms with E-state index in [0.29, 0.717) is 19.3 Å². The number of ether oxygens (including phenoxy) is 2. The Labute approximate surface area is 131 Å². The van der Waals surface area contributed by atoms with E-state index in [9.17, 15) is 30.0 Å². The molecule has 0 aromatic carbocycles. The highest BCUT2D eigenvalue weighted by Crippen LogP contribution is 2.29. The Balaban J connectivity index is 2.49. The van der Waals surface area contributed by atoms with E-state index in [0.717, 1.165) is 0 Å². The van der Waals surface area contributed by atoms with Gasteiger partial charge < -0.3 is 40.1 Å². The van der Waals surface area contributed by atoms with Crippen LogP contribution >= 0.6 is 0 Å². The lowest BCUT2D eigenvalue weighted by Crippen LogP contribution is -2.66. The maximum absolute atomic E-state index is 11.6. The Kier molecular flexibility index (Phi) is 7.32. The van der Waals surface area contributed by atoms with Crippen molar-refractivity contribution in [3.05, 3.63) is 0 Å². The zero-order valence-corrected chi connectivity index (χ0v) is 12.4. The number of hydrogen-bond acceptors (Lipinski definition) is 9. The maximum Gasteiger partial charge on any atom is 0.357 e. The van der Waals surface area contributed by atoms with Gasteiger partial charge in [-0.1, -0.05) is 6.42 Å². The summed E-state index contributed by atoms with van der Waals surface area (Å²) in [7, 11) is 0. The Morgan fingerprint density at radius 2 is 1.65 bits per heavy atom. The van der Waals surface area contributed by atoms with Crippen molar-refractivity contribution < 1.29 is 49.7 Å². The van der Waals surface area contributed by atoms with Crippen LogP contribution in [0.3, 0.4) is 0 Å². The molecule has 1 saturated heterocycles. The van der Waals surface area contributed by atoms with Gasteiger partial charge >= 0.3 is 17.9 Å². The Hall–Kier alpha value is -1.30. The first-order valence-corrected chi connectivity index (χ1v) is 7.20. The number of esters is 1. The van der Waals surface area contributed by atoms with Gasteiger partial charge in [0.1, 0.15) is 18.3 Å². The van der Waals surface area contributed by atoms with Crippen molar-refractivity contribution >= 4 is 11.9 Å². The first-order chi connectivity index (χ1) is 10.7. The largest absolute Gasteiger partial charge is 0.481 e. The SMILES string of the molecule is O=C(O)CCCCCC(=O)OC1(O)O[C@H](CO)[C@@H](O)[C@H](O)[C@H]1O. The number of unbranched alkanes of at least 4 members (excludes halogenated alkanes) is 2. The summed E-state index contributed by atoms with van der Waals surface area (Å²) in [6.07, 6.45) is -6.17. The molecular formula is C13H22O10. The summed E-state index contributed by atoms with van der Waals surface area (Å²) in [6, 6.07) is 0. The van der Waals surface area contributed by atoms with Gasteiger partial charge in [0.05, 0.1) is 6.61 Å². The van der Waals surface area contributed by atoms with Crippen LogP contribution in [-0.2, 0) is 19.1 Å². The molecule has 1 unspecified atom stereocenters. The fourth-order valence-corrected chi connectivity index (χ4v) is 2.14. The second-order valence-corrected chi connectivity index (χ2v) is 5.32. The molecule has 5 atom stereocenters. The molecule has 1 heterocycles. The molecule has 0 aliphatic carbocycles. The molecule has 0 radical (unpaired) electrons. The van der Waals surface area contributed by atoms with Crippen LogP contribution in [0.1, 0.15) is 32.1 Å². The average molecular weight is 338 g/mol. The summed E-state index contributed by atoms with van der Waals surface area (Å²) in [5.74, 6) is -4.77. The first-order valence-electron chi connectivity index (χ1n) is 7.20. The number of carboxylic acids is 1. The molecule has 1 aliphatic rings. The van der Waals surface area contributed by atoms with Crippen LogP contribution < -0.4 is 0 Å². The number of aliphatic hydroxyl groups is 5. The zero-order valence-electron chi connectivity index (χ0n) is 12.4. The third kappa shape index (κ3) is 5.37. The summed E-state index contributed by atoms with van der Waals surface area (Å²) in [5.41, 5.74) is 0. The molecule has 23 heavy (non-hydrogen) atoms. The van der Waals surface area contributed by atoms with Crippen LogP contribution in [0.2, 0.25) is 0 Å². The summed E-state index contributed by atoms with van der Waals surface area (Å²) >= 11 is 0. The number of carbonyl (C=O) groups is 2. The van der Waals surface area contributed by atoms with Crippen molar-refractivity contribution in [1.29, 1.82) is 0 Å². The fraction of sp³-hybridized carbons (Fsp3) is 0.846. The lowest BCUT2D eigenvalue weighted by Gasteiger charge is -2.43. The van der Waals surface area contributed by atoms with Gasteiger partial charge in [-0.25, -0.2) is 0 Å². The van der Waals surface area contributed by atoms with Crippen LogP contribution in [0.4, 0.5) is 0 Å². The average Bonchev–Trinajstić information content (AvgIpc) is 2.48. The van der Waals surface area contributed by atoms with Gasteiger partial charge in [-0.05, 0) is 12.8 Å². The molecule has 1 rings (SSSR count). The van der Waals surface area contributed by atoms with Gasteiger partial charge in [-0.2, -0.15) is 0 Å². The molecule has 134 valence electrons. The van der Waals surface area contributed by atoms with Gasteiger partial charge in [-0.15, -0.1) is 0 Å². The van der Waals surface area contributed by atoms with Crippen molar-refractivity contribution in [3.8, 4) is 0 Å². The predicted octanol–water partition coefficient (Wildman–Crippen LogP) is -2.32. The second-order valence-electron chi connectivity index (χ2n) is 5.32. The smallest absolute Gasteiger partial charge is 0.357 e. The third-order valence-electron chi connectivity index (χ3n) is 3.46. The minimum atomic E-state index is -2.88. The van der Waals surface area contributed by atoms with Crippen molar-refractivity contribution in [1.82, 2.24) is 0 Å². The summed E-state index contributed by atoms with van der Waals surface area (Å²) in [4.78, 5) is 22.0. The highest BCUT2D eigenvalue weighted by molar-refractivity contribution is 5.69. The Morgan fingerprint density at radius 1 is 1.04 bits per heavy atom. The quantitative estimate of drug-likeness (QED) is 0.160. The van der Waals surface area contributed by atoms with Crippen LogP contribution in [0.25, 0.3) is 0 Å². The number of carboxylic acid groups (broad SMARTS) is 1. The van der Waals surface area contributed by atoms with E-state index in [1.165, 1.54) is 0 Å². The van der Waals surface area contributed by atoms with E-state index in [4.69, 9.17) is 14.9 Å². The maximum atomic E-state index is 11.6. The number of aliphatic carboxylic acids is 1. The van der Waals surface area contributed by atoms with Crippen LogP contribution in [0.5, 0.6) is 0 Å². The molecule has 0 amide bonds. The van der Waals surface area contributed by atoms with E-state index >= 15 is 0 Å². The Bertz CT molecular complexity index is 412. The van der Waals surface area contributed by atoms with Crippen LogP contribution in [-0.4, -0.2) is 79.6 Å². The minimum Gasteiger partial charge on any atom is -0.481 e. The fourth-order valence-electron chi connectivity index (χ4n) is 2.14. The predicted molar refractivity (Wildman–Crippen MR) is 71.7 cm³/mol. The standard InChI is InChI=1S/C13H22O10/c14-6-7-10(18)11(19)12(20)13(21,22-7)23-9(17)5-3-1-2-4-8(15)16/h7,10-12,14,18-21H,1-6H2,(H,15,16)/t7-,10-,11+,12-,13?/m1/s1. The lowest BCUT2D eigenvalue weighted by atomic mass is 9.98. The molecule has 6 N–H and O–H groups in total. The molecule has 10 nitrogen and oxygen atoms in total. The van der Waals surface area contributed by atoms with Gasteiger partial charge in [0.25, 0.3) is 0 Å².